The third-order valence-electron chi connectivity index (χ3n) is 12.4. The fourth-order valence-corrected chi connectivity index (χ4v) is 8.11. The molecule has 0 aromatic heterocycles. The molecule has 0 amide bonds. The van der Waals surface area contributed by atoms with Gasteiger partial charge in [-0.15, -0.1) is 0 Å². The maximum absolute atomic E-state index is 12.8. The fraction of sp³-hybridized carbons (Fsp3) is 0.758. The Morgan fingerprint density at radius 1 is 0.309 bits per heavy atom. The maximum Gasteiger partial charge on any atom is 0.306 e. The summed E-state index contributed by atoms with van der Waals surface area (Å²) in [4.78, 5) is 38.1. The van der Waals surface area contributed by atoms with Crippen molar-refractivity contribution in [2.75, 3.05) is 13.2 Å². The number of unbranched alkanes of at least 4 members (excludes halogenated alkanes) is 29. The smallest absolute Gasteiger partial charge is 0.306 e. The van der Waals surface area contributed by atoms with Crippen LogP contribution in [-0.2, 0) is 28.6 Å². The Hall–Kier alpha value is -3.15. The van der Waals surface area contributed by atoms with Crippen LogP contribution in [0.4, 0.5) is 0 Å². The van der Waals surface area contributed by atoms with Crippen molar-refractivity contribution in [1.82, 2.24) is 0 Å². The zero-order chi connectivity index (χ0) is 49.3. The molecule has 0 aliphatic carbocycles. The number of hydrogen-bond donors (Lipinski definition) is 0. The van der Waals surface area contributed by atoms with Crippen molar-refractivity contribution in [3.63, 3.8) is 0 Å². The van der Waals surface area contributed by atoms with E-state index in [1.807, 2.05) is 0 Å². The molecule has 0 heterocycles. The summed E-state index contributed by atoms with van der Waals surface area (Å²) < 4.78 is 16.8. The number of ether oxygens (including phenoxy) is 3. The van der Waals surface area contributed by atoms with E-state index in [-0.39, 0.29) is 31.1 Å². The van der Waals surface area contributed by atoms with Gasteiger partial charge in [-0.2, -0.15) is 0 Å². The first-order chi connectivity index (χ1) is 33.5. The van der Waals surface area contributed by atoms with Crippen molar-refractivity contribution in [2.24, 2.45) is 0 Å². The zero-order valence-electron chi connectivity index (χ0n) is 44.9. The van der Waals surface area contributed by atoms with Crippen molar-refractivity contribution in [2.45, 2.75) is 290 Å². The van der Waals surface area contributed by atoms with Gasteiger partial charge in [0.1, 0.15) is 13.2 Å². The summed E-state index contributed by atoms with van der Waals surface area (Å²) in [6.07, 6.45) is 71.7. The third-order valence-corrected chi connectivity index (χ3v) is 12.4. The molecule has 0 spiro atoms. The van der Waals surface area contributed by atoms with Crippen molar-refractivity contribution in [1.29, 1.82) is 0 Å². The lowest BCUT2D eigenvalue weighted by molar-refractivity contribution is -0.167. The van der Waals surface area contributed by atoms with Crippen LogP contribution in [0.3, 0.4) is 0 Å². The van der Waals surface area contributed by atoms with Gasteiger partial charge in [-0.05, 0) is 89.9 Å². The molecule has 0 radical (unpaired) electrons. The van der Waals surface area contributed by atoms with E-state index in [1.54, 1.807) is 0 Å². The SMILES string of the molecule is CC/C=C\C/C=C\C/C=C\C/C=C\C/C=C\CCCCCCCCCC(=O)OCC(COC(=O)CCCCCCCCCCCCCC)OC(=O)CCCCCCC/C=C\CCCCCCCC. The summed E-state index contributed by atoms with van der Waals surface area (Å²) in [5.74, 6) is -0.891. The molecule has 6 nitrogen and oxygen atoms in total. The van der Waals surface area contributed by atoms with Crippen LogP contribution >= 0.6 is 0 Å². The topological polar surface area (TPSA) is 78.9 Å². The van der Waals surface area contributed by atoms with E-state index < -0.39 is 6.10 Å². The molecular weight excluding hydrogens is 841 g/mol. The predicted molar refractivity (Wildman–Crippen MR) is 293 cm³/mol. The largest absolute Gasteiger partial charge is 0.462 e. The maximum atomic E-state index is 12.8. The minimum absolute atomic E-state index is 0.0798. The molecular formula is C62H108O6. The highest BCUT2D eigenvalue weighted by Gasteiger charge is 2.19. The average molecular weight is 950 g/mol. The van der Waals surface area contributed by atoms with E-state index in [9.17, 15) is 14.4 Å². The lowest BCUT2D eigenvalue weighted by Crippen LogP contribution is -2.30. The van der Waals surface area contributed by atoms with E-state index in [0.29, 0.717) is 19.3 Å². The van der Waals surface area contributed by atoms with Gasteiger partial charge in [-0.1, -0.05) is 248 Å². The zero-order valence-corrected chi connectivity index (χ0v) is 44.9. The van der Waals surface area contributed by atoms with Gasteiger partial charge in [0.25, 0.3) is 0 Å². The number of esters is 3. The Balaban J connectivity index is 4.34. The second-order valence-electron chi connectivity index (χ2n) is 19.2. The molecule has 1 atom stereocenters. The Labute approximate surface area is 421 Å². The van der Waals surface area contributed by atoms with E-state index >= 15 is 0 Å². The van der Waals surface area contributed by atoms with Gasteiger partial charge in [0.05, 0.1) is 0 Å². The molecule has 68 heavy (non-hydrogen) atoms. The molecule has 0 saturated heterocycles. The van der Waals surface area contributed by atoms with Crippen LogP contribution in [0.15, 0.2) is 72.9 Å². The van der Waals surface area contributed by atoms with E-state index in [4.69, 9.17) is 14.2 Å². The summed E-state index contributed by atoms with van der Waals surface area (Å²) in [7, 11) is 0. The summed E-state index contributed by atoms with van der Waals surface area (Å²) in [6.45, 7) is 6.52. The fourth-order valence-electron chi connectivity index (χ4n) is 8.11. The molecule has 392 valence electrons. The van der Waals surface area contributed by atoms with E-state index in [0.717, 1.165) is 109 Å². The standard InChI is InChI=1S/C62H108O6/c1-4-7-10-13-16-19-22-25-27-28-29-30-31-32-33-34-36-37-40-43-46-49-52-55-61(64)67-58-59(57-66-60(63)54-51-48-45-42-39-24-21-18-15-12-9-6-3)68-62(65)56-53-50-47-44-41-38-35-26-23-20-17-14-11-8-5-2/h7,10,16,19,25-27,29-30,32-33,35,59H,4-6,8-9,11-15,17-18,20-24,28,31,34,36-58H2,1-3H3/b10-7-,19-16-,27-25-,30-29-,33-32-,35-26-. The minimum atomic E-state index is -0.782. The van der Waals surface area contributed by atoms with Crippen LogP contribution in [0, 0.1) is 0 Å². The second-order valence-corrected chi connectivity index (χ2v) is 19.2. The first-order valence-corrected chi connectivity index (χ1v) is 28.9. The highest BCUT2D eigenvalue weighted by molar-refractivity contribution is 5.71. The summed E-state index contributed by atoms with van der Waals surface area (Å²) in [6, 6.07) is 0. The van der Waals surface area contributed by atoms with Crippen LogP contribution in [0.5, 0.6) is 0 Å². The predicted octanol–water partition coefficient (Wildman–Crippen LogP) is 19.4. The van der Waals surface area contributed by atoms with Crippen molar-refractivity contribution >= 4 is 17.9 Å². The van der Waals surface area contributed by atoms with Gasteiger partial charge >= 0.3 is 17.9 Å². The second kappa shape index (κ2) is 56.4. The van der Waals surface area contributed by atoms with Gasteiger partial charge in [-0.25, -0.2) is 0 Å². The molecule has 1 unspecified atom stereocenters. The number of allylic oxidation sites excluding steroid dienone is 12. The minimum Gasteiger partial charge on any atom is -0.462 e. The highest BCUT2D eigenvalue weighted by Crippen LogP contribution is 2.15. The molecule has 0 aromatic rings. The van der Waals surface area contributed by atoms with Gasteiger partial charge in [-0.3, -0.25) is 14.4 Å². The van der Waals surface area contributed by atoms with Crippen LogP contribution in [0.2, 0.25) is 0 Å². The van der Waals surface area contributed by atoms with Crippen molar-refractivity contribution in [3.8, 4) is 0 Å². The molecule has 0 rings (SSSR count). The van der Waals surface area contributed by atoms with Gasteiger partial charge in [0.2, 0.25) is 0 Å². The molecule has 0 aliphatic rings. The molecule has 0 bridgehead atoms. The Kier molecular flexibility index (Phi) is 53.8. The van der Waals surface area contributed by atoms with E-state index in [2.05, 4.69) is 93.7 Å². The van der Waals surface area contributed by atoms with Crippen LogP contribution < -0.4 is 0 Å². The molecule has 6 heteroatoms. The molecule has 0 N–H and O–H groups in total. The molecule has 0 aromatic carbocycles. The average Bonchev–Trinajstić information content (AvgIpc) is 3.34. The number of carbonyl (C=O) groups is 3. The molecule has 0 saturated carbocycles. The first-order valence-electron chi connectivity index (χ1n) is 28.9. The molecule has 0 aliphatic heterocycles. The quantitative estimate of drug-likeness (QED) is 0.0262. The van der Waals surface area contributed by atoms with Gasteiger partial charge in [0.15, 0.2) is 6.10 Å². The lowest BCUT2D eigenvalue weighted by Gasteiger charge is -2.18. The van der Waals surface area contributed by atoms with Crippen LogP contribution in [0.25, 0.3) is 0 Å². The Morgan fingerprint density at radius 2 is 0.574 bits per heavy atom. The molecule has 0 fully saturated rings. The van der Waals surface area contributed by atoms with Crippen LogP contribution in [0.1, 0.15) is 284 Å². The number of carbonyl (C=O) groups excluding carboxylic acids is 3. The van der Waals surface area contributed by atoms with Gasteiger partial charge < -0.3 is 14.2 Å². The Bertz CT molecular complexity index is 1270. The number of rotatable bonds is 52. The van der Waals surface area contributed by atoms with Crippen molar-refractivity contribution < 1.29 is 28.6 Å². The summed E-state index contributed by atoms with van der Waals surface area (Å²) >= 11 is 0. The van der Waals surface area contributed by atoms with Gasteiger partial charge in [0, 0.05) is 19.3 Å². The van der Waals surface area contributed by atoms with Crippen molar-refractivity contribution in [3.05, 3.63) is 72.9 Å². The van der Waals surface area contributed by atoms with Crippen LogP contribution in [-0.4, -0.2) is 37.2 Å². The summed E-state index contributed by atoms with van der Waals surface area (Å²) in [5, 5.41) is 0. The monoisotopic (exact) mass is 949 g/mol. The normalized spacial score (nSPS) is 12.6. The number of hydrogen-bond acceptors (Lipinski definition) is 6. The lowest BCUT2D eigenvalue weighted by atomic mass is 10.0. The highest BCUT2D eigenvalue weighted by atomic mass is 16.6. The third kappa shape index (κ3) is 53.8. The summed E-state index contributed by atoms with van der Waals surface area (Å²) in [5.41, 5.74) is 0. The van der Waals surface area contributed by atoms with E-state index in [1.165, 1.54) is 135 Å². The Morgan fingerprint density at radius 3 is 0.912 bits per heavy atom. The first kappa shape index (κ1) is 64.8.